The van der Waals surface area contributed by atoms with Crippen molar-refractivity contribution in [3.05, 3.63) is 40.0 Å². The van der Waals surface area contributed by atoms with Crippen LogP contribution in [-0.2, 0) is 16.4 Å². The number of benzene rings is 1. The molecule has 1 aliphatic heterocycles. The van der Waals surface area contributed by atoms with E-state index < -0.39 is 10.0 Å². The van der Waals surface area contributed by atoms with E-state index in [1.54, 1.807) is 6.92 Å². The first kappa shape index (κ1) is 12.9. The van der Waals surface area contributed by atoms with Crippen LogP contribution in [0.4, 0.5) is 5.69 Å². The number of hydrogen-bond acceptors (Lipinski definition) is 4. The third kappa shape index (κ3) is 2.04. The number of anilines is 1. The SMILES string of the molecule is Cc1nc(Cl)sc1S(=O)(=O)N1CCc2ccccc21. The Kier molecular flexibility index (Phi) is 3.03. The summed E-state index contributed by atoms with van der Waals surface area (Å²) in [6, 6.07) is 7.55. The van der Waals surface area contributed by atoms with E-state index in [0.717, 1.165) is 29.0 Å². The molecule has 2 aromatic rings. The average Bonchev–Trinajstić information content (AvgIpc) is 2.93. The highest BCUT2D eigenvalue weighted by Gasteiger charge is 2.33. The molecule has 7 heteroatoms. The minimum Gasteiger partial charge on any atom is -0.265 e. The number of sulfonamides is 1. The maximum atomic E-state index is 12.7. The number of thiazole rings is 1. The molecule has 0 N–H and O–H groups in total. The molecule has 2 heterocycles. The maximum absolute atomic E-state index is 12.7. The summed E-state index contributed by atoms with van der Waals surface area (Å²) in [5, 5.41) is 0. The number of aromatic nitrogens is 1. The molecule has 0 amide bonds. The van der Waals surface area contributed by atoms with Gasteiger partial charge < -0.3 is 0 Å². The molecule has 3 rings (SSSR count). The molecule has 0 spiro atoms. The molecule has 1 aromatic carbocycles. The first-order valence-corrected chi connectivity index (χ1v) is 8.37. The van der Waals surface area contributed by atoms with Gasteiger partial charge >= 0.3 is 0 Å². The van der Waals surface area contributed by atoms with Crippen molar-refractivity contribution in [1.82, 2.24) is 4.98 Å². The second-order valence-electron chi connectivity index (χ2n) is 4.30. The zero-order chi connectivity index (χ0) is 13.6. The van der Waals surface area contributed by atoms with Crippen molar-refractivity contribution in [1.29, 1.82) is 0 Å². The van der Waals surface area contributed by atoms with E-state index in [0.29, 0.717) is 12.2 Å². The first-order chi connectivity index (χ1) is 9.00. The fraction of sp³-hybridized carbons (Fsp3) is 0.250. The Morgan fingerprint density at radius 3 is 2.79 bits per heavy atom. The Labute approximate surface area is 120 Å². The van der Waals surface area contributed by atoms with Crippen LogP contribution >= 0.6 is 22.9 Å². The number of hydrogen-bond donors (Lipinski definition) is 0. The smallest absolute Gasteiger partial charge is 0.265 e. The van der Waals surface area contributed by atoms with E-state index in [2.05, 4.69) is 4.98 Å². The zero-order valence-corrected chi connectivity index (χ0v) is 12.5. The molecular formula is C12H11ClN2O2S2. The normalized spacial score (nSPS) is 14.7. The summed E-state index contributed by atoms with van der Waals surface area (Å²) < 4.78 is 27.3. The van der Waals surface area contributed by atoms with E-state index in [-0.39, 0.29) is 8.68 Å². The predicted octanol–water partition coefficient (Wildman–Crippen LogP) is 2.86. The second kappa shape index (κ2) is 4.47. The van der Waals surface area contributed by atoms with E-state index >= 15 is 0 Å². The zero-order valence-electron chi connectivity index (χ0n) is 10.1. The average molecular weight is 315 g/mol. The highest BCUT2D eigenvalue weighted by Crippen LogP contribution is 2.36. The summed E-state index contributed by atoms with van der Waals surface area (Å²) in [5.41, 5.74) is 2.27. The van der Waals surface area contributed by atoms with E-state index in [9.17, 15) is 8.42 Å². The fourth-order valence-corrected chi connectivity index (χ4v) is 5.59. The molecular weight excluding hydrogens is 304 g/mol. The van der Waals surface area contributed by atoms with Gasteiger partial charge in [0.05, 0.1) is 11.4 Å². The van der Waals surface area contributed by atoms with Crippen LogP contribution in [0.2, 0.25) is 4.47 Å². The third-order valence-electron chi connectivity index (χ3n) is 3.10. The highest BCUT2D eigenvalue weighted by molar-refractivity contribution is 7.94. The molecule has 1 aromatic heterocycles. The molecule has 0 saturated carbocycles. The summed E-state index contributed by atoms with van der Waals surface area (Å²) in [6.45, 7) is 2.13. The number of fused-ring (bicyclic) bond motifs is 1. The molecule has 4 nitrogen and oxygen atoms in total. The molecule has 1 aliphatic rings. The van der Waals surface area contributed by atoms with E-state index in [1.165, 1.54) is 4.31 Å². The Morgan fingerprint density at radius 1 is 1.37 bits per heavy atom. The summed E-state index contributed by atoms with van der Waals surface area (Å²) in [5.74, 6) is 0. The lowest BCUT2D eigenvalue weighted by Gasteiger charge is -2.18. The van der Waals surface area contributed by atoms with Crippen molar-refractivity contribution in [3.8, 4) is 0 Å². The number of rotatable bonds is 2. The molecule has 19 heavy (non-hydrogen) atoms. The van der Waals surface area contributed by atoms with Gasteiger partial charge in [-0.1, -0.05) is 41.1 Å². The fourth-order valence-electron chi connectivity index (χ4n) is 2.25. The second-order valence-corrected chi connectivity index (χ2v) is 7.93. The van der Waals surface area contributed by atoms with Gasteiger partial charge in [0.15, 0.2) is 8.68 Å². The Morgan fingerprint density at radius 2 is 2.11 bits per heavy atom. The quantitative estimate of drug-likeness (QED) is 0.856. The molecule has 0 atom stereocenters. The number of halogens is 1. The number of para-hydroxylation sites is 1. The minimum absolute atomic E-state index is 0.231. The van der Waals surface area contributed by atoms with Crippen LogP contribution in [0.3, 0.4) is 0 Å². The van der Waals surface area contributed by atoms with Gasteiger partial charge in [0.2, 0.25) is 0 Å². The molecule has 100 valence electrons. The summed E-state index contributed by atoms with van der Waals surface area (Å²) >= 11 is 6.81. The van der Waals surface area contributed by atoms with Gasteiger partial charge in [-0.15, -0.1) is 0 Å². The predicted molar refractivity (Wildman–Crippen MR) is 76.5 cm³/mol. The summed E-state index contributed by atoms with van der Waals surface area (Å²) in [6.07, 6.45) is 0.737. The van der Waals surface area contributed by atoms with Crippen molar-refractivity contribution in [2.45, 2.75) is 17.6 Å². The van der Waals surface area contributed by atoms with Gasteiger partial charge in [0.1, 0.15) is 0 Å². The monoisotopic (exact) mass is 314 g/mol. The number of nitrogens with zero attached hydrogens (tertiary/aromatic N) is 2. The summed E-state index contributed by atoms with van der Waals surface area (Å²) in [7, 11) is -3.56. The van der Waals surface area contributed by atoms with Gasteiger partial charge in [-0.25, -0.2) is 13.4 Å². The van der Waals surface area contributed by atoms with Crippen LogP contribution in [0.15, 0.2) is 28.5 Å². The van der Waals surface area contributed by atoms with Crippen LogP contribution in [0.1, 0.15) is 11.3 Å². The Hall–Kier alpha value is -1.11. The Bertz CT molecular complexity index is 740. The molecule has 0 fully saturated rings. The largest absolute Gasteiger partial charge is 0.275 e. The van der Waals surface area contributed by atoms with Crippen molar-refractivity contribution < 1.29 is 8.42 Å². The van der Waals surface area contributed by atoms with Crippen LogP contribution in [0.25, 0.3) is 0 Å². The third-order valence-corrected chi connectivity index (χ3v) is 6.76. The van der Waals surface area contributed by atoms with Crippen molar-refractivity contribution in [3.63, 3.8) is 0 Å². The van der Waals surface area contributed by atoms with Gasteiger partial charge in [-0.2, -0.15) is 0 Å². The minimum atomic E-state index is -3.56. The van der Waals surface area contributed by atoms with E-state index in [1.807, 2.05) is 24.3 Å². The molecule has 0 aliphatic carbocycles. The molecule has 0 unspecified atom stereocenters. The molecule has 0 bridgehead atoms. The van der Waals surface area contributed by atoms with Gasteiger partial charge in [0.25, 0.3) is 10.0 Å². The lowest BCUT2D eigenvalue weighted by molar-refractivity contribution is 0.593. The van der Waals surface area contributed by atoms with Crippen molar-refractivity contribution >= 4 is 38.6 Å². The standard InChI is InChI=1S/C12H11ClN2O2S2/c1-8-11(18-12(13)14-8)19(16,17)15-7-6-9-4-2-3-5-10(9)15/h2-5H,6-7H2,1H3. The Balaban J connectivity index is 2.11. The lowest BCUT2D eigenvalue weighted by atomic mass is 10.2. The maximum Gasteiger partial charge on any atom is 0.275 e. The summed E-state index contributed by atoms with van der Waals surface area (Å²) in [4.78, 5) is 3.98. The molecule has 0 radical (unpaired) electrons. The van der Waals surface area contributed by atoms with Crippen LogP contribution < -0.4 is 4.31 Å². The van der Waals surface area contributed by atoms with Gasteiger partial charge in [-0.3, -0.25) is 4.31 Å². The van der Waals surface area contributed by atoms with Gasteiger partial charge in [0, 0.05) is 6.54 Å². The van der Waals surface area contributed by atoms with Gasteiger partial charge in [-0.05, 0) is 25.0 Å². The first-order valence-electron chi connectivity index (χ1n) is 5.74. The molecule has 0 saturated heterocycles. The topological polar surface area (TPSA) is 50.3 Å². The number of aryl methyl sites for hydroxylation is 1. The van der Waals surface area contributed by atoms with Crippen molar-refractivity contribution in [2.75, 3.05) is 10.8 Å². The van der Waals surface area contributed by atoms with E-state index in [4.69, 9.17) is 11.6 Å². The van der Waals surface area contributed by atoms with Crippen molar-refractivity contribution in [2.24, 2.45) is 0 Å². The van der Waals surface area contributed by atoms with Crippen LogP contribution in [-0.4, -0.2) is 19.9 Å². The highest BCUT2D eigenvalue weighted by atomic mass is 35.5. The van der Waals surface area contributed by atoms with Crippen LogP contribution in [0.5, 0.6) is 0 Å². The lowest BCUT2D eigenvalue weighted by Crippen LogP contribution is -2.28. The van der Waals surface area contributed by atoms with Crippen LogP contribution in [0, 0.1) is 6.92 Å².